The second-order valence-corrected chi connectivity index (χ2v) is 6.09. The minimum Gasteiger partial charge on any atom is -0.461 e. The van der Waals surface area contributed by atoms with E-state index < -0.39 is 16.8 Å². The number of aromatic nitrogens is 2. The quantitative estimate of drug-likeness (QED) is 0.388. The van der Waals surface area contributed by atoms with Crippen molar-refractivity contribution in [2.24, 2.45) is 0 Å². The van der Waals surface area contributed by atoms with Crippen LogP contribution in [0.1, 0.15) is 33.3 Å². The van der Waals surface area contributed by atoms with Crippen LogP contribution in [0.5, 0.6) is 0 Å². The molecule has 1 aromatic heterocycles. The van der Waals surface area contributed by atoms with E-state index in [4.69, 9.17) is 4.74 Å². The Morgan fingerprint density at radius 2 is 1.97 bits per heavy atom. The third-order valence-electron chi connectivity index (χ3n) is 4.14. The Morgan fingerprint density at radius 1 is 1.21 bits per heavy atom. The molecule has 0 aliphatic heterocycles. The number of hydrogen-bond donors (Lipinski definition) is 1. The van der Waals surface area contributed by atoms with Crippen molar-refractivity contribution < 1.29 is 19.2 Å². The molecule has 1 heterocycles. The summed E-state index contributed by atoms with van der Waals surface area (Å²) in [6.07, 6.45) is 1.59. The van der Waals surface area contributed by atoms with Gasteiger partial charge in [-0.1, -0.05) is 12.1 Å². The molecule has 0 saturated carbocycles. The van der Waals surface area contributed by atoms with Crippen LogP contribution in [0.2, 0.25) is 0 Å². The molecule has 0 unspecified atom stereocenters. The molecule has 0 aliphatic carbocycles. The van der Waals surface area contributed by atoms with E-state index in [9.17, 15) is 19.7 Å². The Morgan fingerprint density at radius 3 is 2.66 bits per heavy atom. The van der Waals surface area contributed by atoms with Crippen LogP contribution in [-0.4, -0.2) is 33.2 Å². The van der Waals surface area contributed by atoms with E-state index >= 15 is 0 Å². The molecular formula is C20H18N4O5. The number of non-ortho nitro benzene ring substituents is 1. The van der Waals surface area contributed by atoms with Crippen molar-refractivity contribution in [3.8, 4) is 5.69 Å². The normalized spacial score (nSPS) is 10.4. The van der Waals surface area contributed by atoms with Gasteiger partial charge in [-0.3, -0.25) is 14.9 Å². The van der Waals surface area contributed by atoms with Crippen LogP contribution in [0.3, 0.4) is 0 Å². The molecule has 9 nitrogen and oxygen atoms in total. The maximum atomic E-state index is 12.7. The highest BCUT2D eigenvalue weighted by Crippen LogP contribution is 2.23. The van der Waals surface area contributed by atoms with Gasteiger partial charge >= 0.3 is 5.97 Å². The first kappa shape index (κ1) is 19.7. The molecule has 0 fully saturated rings. The number of amides is 1. The lowest BCUT2D eigenvalue weighted by atomic mass is 10.1. The van der Waals surface area contributed by atoms with Crippen molar-refractivity contribution in [1.82, 2.24) is 9.78 Å². The largest absolute Gasteiger partial charge is 0.461 e. The summed E-state index contributed by atoms with van der Waals surface area (Å²) >= 11 is 0. The molecule has 9 heteroatoms. The summed E-state index contributed by atoms with van der Waals surface area (Å²) in [6.45, 7) is 3.58. The predicted octanol–water partition coefficient (Wildman–Crippen LogP) is 3.52. The Hall–Kier alpha value is -4.01. The molecule has 3 rings (SSSR count). The summed E-state index contributed by atoms with van der Waals surface area (Å²) in [5, 5.41) is 17.9. The number of nitro benzene ring substituents is 1. The first-order valence-electron chi connectivity index (χ1n) is 8.79. The van der Waals surface area contributed by atoms with Gasteiger partial charge in [0.15, 0.2) is 5.69 Å². The van der Waals surface area contributed by atoms with E-state index in [1.165, 1.54) is 28.9 Å². The second kappa shape index (κ2) is 8.34. The number of rotatable bonds is 6. The second-order valence-electron chi connectivity index (χ2n) is 6.09. The van der Waals surface area contributed by atoms with Gasteiger partial charge in [-0.2, -0.15) is 5.10 Å². The zero-order valence-electron chi connectivity index (χ0n) is 15.8. The topological polar surface area (TPSA) is 116 Å². The van der Waals surface area contributed by atoms with E-state index in [2.05, 4.69) is 10.4 Å². The van der Waals surface area contributed by atoms with E-state index in [0.717, 1.165) is 0 Å². The summed E-state index contributed by atoms with van der Waals surface area (Å²) in [6, 6.07) is 12.5. The molecule has 0 saturated heterocycles. The molecule has 0 bridgehead atoms. The highest BCUT2D eigenvalue weighted by atomic mass is 16.6. The van der Waals surface area contributed by atoms with Gasteiger partial charge < -0.3 is 10.1 Å². The predicted molar refractivity (Wildman–Crippen MR) is 105 cm³/mol. The number of nitrogens with one attached hydrogen (secondary N) is 1. The zero-order chi connectivity index (χ0) is 21.0. The lowest BCUT2D eigenvalue weighted by Gasteiger charge is -2.12. The van der Waals surface area contributed by atoms with Crippen LogP contribution in [0.15, 0.2) is 54.7 Å². The van der Waals surface area contributed by atoms with Gasteiger partial charge in [0.2, 0.25) is 0 Å². The van der Waals surface area contributed by atoms with E-state index in [-0.39, 0.29) is 18.0 Å². The van der Waals surface area contributed by atoms with Gasteiger partial charge in [-0.05, 0) is 43.7 Å². The minimum atomic E-state index is -0.533. The van der Waals surface area contributed by atoms with Gasteiger partial charge in [-0.25, -0.2) is 9.48 Å². The van der Waals surface area contributed by atoms with Crippen LogP contribution < -0.4 is 5.32 Å². The molecule has 3 aromatic rings. The summed E-state index contributed by atoms with van der Waals surface area (Å²) in [5.74, 6) is -0.947. The first-order chi connectivity index (χ1) is 13.9. The molecule has 0 spiro atoms. The Labute approximate surface area is 166 Å². The molecule has 1 amide bonds. The van der Waals surface area contributed by atoms with Crippen molar-refractivity contribution in [3.05, 3.63) is 81.7 Å². The summed E-state index contributed by atoms with van der Waals surface area (Å²) in [7, 11) is 0. The van der Waals surface area contributed by atoms with Crippen molar-refractivity contribution in [2.45, 2.75) is 13.8 Å². The highest BCUT2D eigenvalue weighted by molar-refractivity contribution is 6.06. The number of anilines is 1. The van der Waals surface area contributed by atoms with Crippen LogP contribution in [0, 0.1) is 17.0 Å². The SMILES string of the molecule is CCOC(=O)c1ccn(-c2ccccc2NC(=O)c2ccc([N+](=O)[O-])cc2C)n1. The van der Waals surface area contributed by atoms with Gasteiger partial charge in [0, 0.05) is 23.9 Å². The molecule has 0 aliphatic rings. The van der Waals surface area contributed by atoms with Crippen molar-refractivity contribution >= 4 is 23.3 Å². The third kappa shape index (κ3) is 4.29. The van der Waals surface area contributed by atoms with E-state index in [1.54, 1.807) is 44.3 Å². The number of para-hydroxylation sites is 2. The maximum Gasteiger partial charge on any atom is 0.358 e. The fraction of sp³-hybridized carbons (Fsp3) is 0.150. The highest BCUT2D eigenvalue weighted by Gasteiger charge is 2.17. The van der Waals surface area contributed by atoms with Gasteiger partial charge in [0.25, 0.3) is 11.6 Å². The lowest BCUT2D eigenvalue weighted by molar-refractivity contribution is -0.384. The summed E-state index contributed by atoms with van der Waals surface area (Å²) < 4.78 is 6.40. The Balaban J connectivity index is 1.87. The lowest BCUT2D eigenvalue weighted by Crippen LogP contribution is -2.15. The number of ether oxygens (including phenoxy) is 1. The van der Waals surface area contributed by atoms with Crippen molar-refractivity contribution in [2.75, 3.05) is 11.9 Å². The van der Waals surface area contributed by atoms with Crippen LogP contribution >= 0.6 is 0 Å². The maximum absolute atomic E-state index is 12.7. The zero-order valence-corrected chi connectivity index (χ0v) is 15.8. The molecule has 2 aromatic carbocycles. The smallest absolute Gasteiger partial charge is 0.358 e. The van der Waals surface area contributed by atoms with Gasteiger partial charge in [-0.15, -0.1) is 0 Å². The van der Waals surface area contributed by atoms with Crippen molar-refractivity contribution in [3.63, 3.8) is 0 Å². The number of aryl methyl sites for hydroxylation is 1. The third-order valence-corrected chi connectivity index (χ3v) is 4.14. The van der Waals surface area contributed by atoms with E-state index in [0.29, 0.717) is 22.5 Å². The number of esters is 1. The fourth-order valence-electron chi connectivity index (χ4n) is 2.76. The van der Waals surface area contributed by atoms with E-state index in [1.807, 2.05) is 0 Å². The fourth-order valence-corrected chi connectivity index (χ4v) is 2.76. The Bertz CT molecular complexity index is 1090. The molecule has 0 atom stereocenters. The molecule has 1 N–H and O–H groups in total. The van der Waals surface area contributed by atoms with Crippen LogP contribution in [0.4, 0.5) is 11.4 Å². The average Bonchev–Trinajstić information content (AvgIpc) is 3.18. The summed E-state index contributed by atoms with van der Waals surface area (Å²) in [4.78, 5) is 34.9. The standard InChI is InChI=1S/C20H18N4O5/c1-3-29-20(26)17-10-11-23(22-17)18-7-5-4-6-16(18)21-19(25)15-9-8-14(24(27)28)12-13(15)2/h4-12H,3H2,1-2H3,(H,21,25). The minimum absolute atomic E-state index is 0.0810. The molecule has 148 valence electrons. The number of benzene rings is 2. The number of carbonyl (C=O) groups excluding carboxylic acids is 2. The molecule has 0 radical (unpaired) electrons. The first-order valence-corrected chi connectivity index (χ1v) is 8.79. The van der Waals surface area contributed by atoms with Crippen molar-refractivity contribution in [1.29, 1.82) is 0 Å². The molecular weight excluding hydrogens is 376 g/mol. The van der Waals surface area contributed by atoms with Crippen LogP contribution in [0.25, 0.3) is 5.69 Å². The monoisotopic (exact) mass is 394 g/mol. The van der Waals surface area contributed by atoms with Crippen LogP contribution in [-0.2, 0) is 4.74 Å². The number of nitrogens with zero attached hydrogens (tertiary/aromatic N) is 3. The number of carbonyl (C=O) groups is 2. The van der Waals surface area contributed by atoms with Gasteiger partial charge in [0.1, 0.15) is 0 Å². The number of hydrogen-bond acceptors (Lipinski definition) is 6. The molecule has 29 heavy (non-hydrogen) atoms. The number of nitro groups is 1. The summed E-state index contributed by atoms with van der Waals surface area (Å²) in [5.41, 5.74) is 1.89. The Kier molecular flexibility index (Phi) is 5.68. The van der Waals surface area contributed by atoms with Gasteiger partial charge in [0.05, 0.1) is 22.9 Å². The average molecular weight is 394 g/mol.